The molecule has 5 rings (SSSR count). The Morgan fingerprint density at radius 3 is 1.76 bits per heavy atom. The maximum absolute atomic E-state index is 12.3. The third kappa shape index (κ3) is 9.37. The molecule has 0 atom stereocenters. The van der Waals surface area contributed by atoms with E-state index in [1.54, 1.807) is 63.2 Å². The molecule has 0 bridgehead atoms. The summed E-state index contributed by atoms with van der Waals surface area (Å²) in [5, 5.41) is 12.4. The van der Waals surface area contributed by atoms with E-state index in [1.807, 2.05) is 42.5 Å². The number of rotatable bonds is 8. The number of aliphatic hydroxyl groups is 1. The Labute approximate surface area is 305 Å². The van der Waals surface area contributed by atoms with Crippen LogP contribution in [-0.2, 0) is 35.0 Å². The summed E-state index contributed by atoms with van der Waals surface area (Å²) >= 11 is 24.3. The summed E-state index contributed by atoms with van der Waals surface area (Å²) in [6.07, 6.45) is -0.0525. The van der Waals surface area contributed by atoms with Crippen LogP contribution in [0.4, 0.5) is 0 Å². The molecule has 0 saturated carbocycles. The van der Waals surface area contributed by atoms with Gasteiger partial charge in [0, 0.05) is 25.7 Å². The first kappa shape index (κ1) is 37.8. The predicted molar refractivity (Wildman–Crippen MR) is 194 cm³/mol. The Bertz CT molecular complexity index is 1900. The fourth-order valence-electron chi connectivity index (χ4n) is 4.86. The maximum Gasteiger partial charge on any atom is 0.349 e. The molecule has 0 aliphatic carbocycles. The van der Waals surface area contributed by atoms with Crippen molar-refractivity contribution in [2.24, 2.45) is 0 Å². The molecule has 1 aliphatic heterocycles. The summed E-state index contributed by atoms with van der Waals surface area (Å²) in [7, 11) is 0. The molecule has 0 saturated heterocycles. The summed E-state index contributed by atoms with van der Waals surface area (Å²) in [5.41, 5.74) is 2.41. The normalized spacial score (nSPS) is 13.7. The molecule has 4 aromatic carbocycles. The Hall–Kier alpha value is -4.01. The summed E-state index contributed by atoms with van der Waals surface area (Å²) in [6, 6.07) is 25.4. The first-order chi connectivity index (χ1) is 23.0. The van der Waals surface area contributed by atoms with Gasteiger partial charge in [-0.25, -0.2) is 9.59 Å². The highest BCUT2D eigenvalue weighted by molar-refractivity contribution is 6.35. The van der Waals surface area contributed by atoms with E-state index < -0.39 is 29.1 Å². The zero-order chi connectivity index (χ0) is 36.1. The van der Waals surface area contributed by atoms with Crippen molar-refractivity contribution in [2.75, 3.05) is 6.61 Å². The van der Waals surface area contributed by atoms with E-state index in [1.165, 1.54) is 13.8 Å². The minimum Gasteiger partial charge on any atom is -0.507 e. The van der Waals surface area contributed by atoms with Gasteiger partial charge >= 0.3 is 17.9 Å². The molecule has 0 aromatic heterocycles. The number of esters is 3. The Morgan fingerprint density at radius 2 is 1.27 bits per heavy atom. The smallest absolute Gasteiger partial charge is 0.349 e. The SMILES string of the molecule is CC1(C)OC(=O)C(c2cc(-c3ccc(Cl)cc3)ccc2Cl)=C1O.CCOC(=O)C(C)(C)OC(=O)Cc1cc(-c2ccc(Cl)cc2)ccc1Cl. The van der Waals surface area contributed by atoms with Crippen LogP contribution in [0.15, 0.2) is 90.7 Å². The second-order valence-electron chi connectivity index (χ2n) is 12.0. The van der Waals surface area contributed by atoms with Crippen molar-refractivity contribution in [3.05, 3.63) is 122 Å². The Balaban J connectivity index is 0.000000222. The Kier molecular flexibility index (Phi) is 12.1. The number of ether oxygens (including phenoxy) is 3. The highest BCUT2D eigenvalue weighted by Gasteiger charge is 2.42. The molecule has 1 aliphatic rings. The zero-order valence-electron chi connectivity index (χ0n) is 27.4. The molecule has 256 valence electrons. The number of aliphatic hydroxyl groups excluding tert-OH is 1. The second kappa shape index (κ2) is 15.7. The van der Waals surface area contributed by atoms with Gasteiger partial charge in [0.2, 0.25) is 5.60 Å². The van der Waals surface area contributed by atoms with Crippen molar-refractivity contribution in [2.45, 2.75) is 52.2 Å². The monoisotopic (exact) mass is 742 g/mol. The molecular weight excluding hydrogens is 710 g/mol. The van der Waals surface area contributed by atoms with Gasteiger partial charge in [0.15, 0.2) is 11.4 Å². The van der Waals surface area contributed by atoms with E-state index in [2.05, 4.69) is 0 Å². The zero-order valence-corrected chi connectivity index (χ0v) is 30.4. The van der Waals surface area contributed by atoms with E-state index >= 15 is 0 Å². The molecule has 1 heterocycles. The van der Waals surface area contributed by atoms with Crippen molar-refractivity contribution in [3.8, 4) is 22.3 Å². The fourth-order valence-corrected chi connectivity index (χ4v) is 5.51. The average molecular weight is 744 g/mol. The van der Waals surface area contributed by atoms with Gasteiger partial charge in [-0.2, -0.15) is 0 Å². The Morgan fingerprint density at radius 1 is 0.776 bits per heavy atom. The van der Waals surface area contributed by atoms with Gasteiger partial charge in [0.1, 0.15) is 5.57 Å². The number of carbonyl (C=O) groups is 3. The summed E-state index contributed by atoms with van der Waals surface area (Å²) in [5.74, 6) is -1.84. The van der Waals surface area contributed by atoms with Crippen molar-refractivity contribution in [1.29, 1.82) is 0 Å². The van der Waals surface area contributed by atoms with Crippen molar-refractivity contribution >= 4 is 69.9 Å². The van der Waals surface area contributed by atoms with Crippen LogP contribution < -0.4 is 0 Å². The molecule has 0 spiro atoms. The lowest BCUT2D eigenvalue weighted by atomic mass is 9.96. The van der Waals surface area contributed by atoms with Crippen LogP contribution in [0, 0.1) is 0 Å². The molecule has 11 heteroatoms. The van der Waals surface area contributed by atoms with Crippen LogP contribution in [0.1, 0.15) is 45.7 Å². The van der Waals surface area contributed by atoms with E-state index in [0.29, 0.717) is 31.2 Å². The van der Waals surface area contributed by atoms with Gasteiger partial charge in [-0.3, -0.25) is 4.79 Å². The lowest BCUT2D eigenvalue weighted by Gasteiger charge is -2.22. The highest BCUT2D eigenvalue weighted by atomic mass is 35.5. The average Bonchev–Trinajstić information content (AvgIpc) is 3.24. The molecule has 0 unspecified atom stereocenters. The third-order valence-corrected chi connectivity index (χ3v) is 8.67. The highest BCUT2D eigenvalue weighted by Crippen LogP contribution is 2.40. The topological polar surface area (TPSA) is 99.1 Å². The number of hydrogen-bond acceptors (Lipinski definition) is 7. The van der Waals surface area contributed by atoms with Crippen LogP contribution in [0.3, 0.4) is 0 Å². The third-order valence-electron chi connectivity index (χ3n) is 7.47. The first-order valence-electron chi connectivity index (χ1n) is 15.2. The molecule has 0 amide bonds. The lowest BCUT2D eigenvalue weighted by Crippen LogP contribution is -2.39. The van der Waals surface area contributed by atoms with Crippen molar-refractivity contribution in [3.63, 3.8) is 0 Å². The summed E-state index contributed by atoms with van der Waals surface area (Å²) in [6.45, 7) is 8.16. The van der Waals surface area contributed by atoms with Crippen LogP contribution in [0.2, 0.25) is 20.1 Å². The summed E-state index contributed by atoms with van der Waals surface area (Å²) in [4.78, 5) is 36.3. The van der Waals surface area contributed by atoms with Crippen LogP contribution in [0.25, 0.3) is 27.8 Å². The largest absolute Gasteiger partial charge is 0.507 e. The van der Waals surface area contributed by atoms with E-state index in [0.717, 1.165) is 22.3 Å². The first-order valence-corrected chi connectivity index (χ1v) is 16.7. The van der Waals surface area contributed by atoms with Crippen LogP contribution in [-0.4, -0.2) is 40.8 Å². The second-order valence-corrected chi connectivity index (χ2v) is 13.7. The minimum absolute atomic E-state index is 0.0525. The molecule has 1 N–H and O–H groups in total. The predicted octanol–water partition coefficient (Wildman–Crippen LogP) is 10.4. The quantitative estimate of drug-likeness (QED) is 0.142. The molecular formula is C38H34Cl4O7. The number of cyclic esters (lactones) is 1. The van der Waals surface area contributed by atoms with Crippen LogP contribution in [0.5, 0.6) is 0 Å². The van der Waals surface area contributed by atoms with Crippen molar-refractivity contribution < 1.29 is 33.7 Å². The van der Waals surface area contributed by atoms with Crippen molar-refractivity contribution in [1.82, 2.24) is 0 Å². The van der Waals surface area contributed by atoms with Gasteiger partial charge in [-0.1, -0.05) is 82.8 Å². The lowest BCUT2D eigenvalue weighted by molar-refractivity contribution is -0.177. The van der Waals surface area contributed by atoms with Gasteiger partial charge in [0.25, 0.3) is 0 Å². The summed E-state index contributed by atoms with van der Waals surface area (Å²) < 4.78 is 15.4. The number of halogens is 4. The van der Waals surface area contributed by atoms with Gasteiger partial charge < -0.3 is 19.3 Å². The minimum atomic E-state index is -1.35. The number of hydrogen-bond donors (Lipinski definition) is 1. The van der Waals surface area contributed by atoms with Gasteiger partial charge in [-0.05, 0) is 111 Å². The molecule has 7 nitrogen and oxygen atoms in total. The molecule has 4 aromatic rings. The van der Waals surface area contributed by atoms with Gasteiger partial charge in [-0.15, -0.1) is 0 Å². The maximum atomic E-state index is 12.3. The standard InChI is InChI=1S/C20H20Cl2O4.C18H14Cl2O3/c1-4-25-19(24)20(2,3)26-18(23)12-15-11-14(7-10-17(15)22)13-5-8-16(21)9-6-13;1-18(2)16(21)15(17(22)23-18)13-9-11(5-8-14(13)20)10-3-6-12(19)7-4-10/h5-11H,4,12H2,1-3H3;3-9,21H,1-2H3. The molecule has 0 fully saturated rings. The molecule has 0 radical (unpaired) electrons. The van der Waals surface area contributed by atoms with E-state index in [9.17, 15) is 19.5 Å². The van der Waals surface area contributed by atoms with Gasteiger partial charge in [0.05, 0.1) is 13.0 Å². The van der Waals surface area contributed by atoms with E-state index in [4.69, 9.17) is 60.6 Å². The van der Waals surface area contributed by atoms with Crippen LogP contribution >= 0.6 is 46.4 Å². The molecule has 49 heavy (non-hydrogen) atoms. The number of carbonyl (C=O) groups excluding carboxylic acids is 3. The van der Waals surface area contributed by atoms with E-state index in [-0.39, 0.29) is 24.4 Å². The number of benzene rings is 4. The fraction of sp³-hybridized carbons (Fsp3) is 0.237.